The highest BCUT2D eigenvalue weighted by atomic mass is 16.2. The molecule has 5 nitrogen and oxygen atoms in total. The van der Waals surface area contributed by atoms with Gasteiger partial charge in [0.05, 0.1) is 11.2 Å². The third-order valence-corrected chi connectivity index (χ3v) is 6.71. The molecular weight excluding hydrogens is 372 g/mol. The number of allylic oxidation sites excluding steroid dienone is 1. The van der Waals surface area contributed by atoms with Crippen LogP contribution in [0.5, 0.6) is 0 Å². The molecule has 2 heterocycles. The number of rotatable bonds is 3. The summed E-state index contributed by atoms with van der Waals surface area (Å²) in [5, 5.41) is 3.91. The van der Waals surface area contributed by atoms with Gasteiger partial charge in [0, 0.05) is 31.7 Å². The molecule has 2 aliphatic rings. The molecular formula is C25H28N4O. The van der Waals surface area contributed by atoms with Crippen molar-refractivity contribution in [3.05, 3.63) is 71.1 Å². The molecule has 0 saturated carbocycles. The van der Waals surface area contributed by atoms with Crippen molar-refractivity contribution in [2.75, 3.05) is 19.4 Å². The fourth-order valence-electron chi connectivity index (χ4n) is 5.25. The maximum atomic E-state index is 13.1. The number of carbonyl (C=O) groups excluding carboxylic acids is 1. The van der Waals surface area contributed by atoms with Gasteiger partial charge in [-0.1, -0.05) is 30.3 Å². The molecule has 0 atom stereocenters. The summed E-state index contributed by atoms with van der Waals surface area (Å²) >= 11 is 0. The Balaban J connectivity index is 1.69. The minimum absolute atomic E-state index is 0.000471. The van der Waals surface area contributed by atoms with E-state index < -0.39 is 0 Å². The number of aromatic nitrogens is 2. The van der Waals surface area contributed by atoms with Crippen molar-refractivity contribution in [3.63, 3.8) is 0 Å². The summed E-state index contributed by atoms with van der Waals surface area (Å²) in [5.74, 6) is 0.988. The van der Waals surface area contributed by atoms with Crippen LogP contribution in [0.2, 0.25) is 0 Å². The lowest BCUT2D eigenvalue weighted by Gasteiger charge is -2.38. The highest BCUT2D eigenvalue weighted by Crippen LogP contribution is 2.44. The van der Waals surface area contributed by atoms with Gasteiger partial charge in [-0.25, -0.2) is 4.98 Å². The van der Waals surface area contributed by atoms with E-state index in [4.69, 9.17) is 4.98 Å². The number of anilines is 1. The van der Waals surface area contributed by atoms with Gasteiger partial charge in [0.1, 0.15) is 11.3 Å². The largest absolute Gasteiger partial charge is 0.377 e. The van der Waals surface area contributed by atoms with Crippen LogP contribution in [0.4, 0.5) is 5.69 Å². The topological polar surface area (TPSA) is 50.2 Å². The van der Waals surface area contributed by atoms with Gasteiger partial charge in [0.15, 0.2) is 0 Å². The van der Waals surface area contributed by atoms with E-state index in [1.54, 1.807) is 4.90 Å². The molecule has 154 valence electrons. The number of fused-ring (bicyclic) bond motifs is 4. The van der Waals surface area contributed by atoms with Crippen LogP contribution >= 0.6 is 0 Å². The molecule has 0 bridgehead atoms. The van der Waals surface area contributed by atoms with E-state index >= 15 is 0 Å². The van der Waals surface area contributed by atoms with E-state index in [0.29, 0.717) is 6.54 Å². The Bertz CT molecular complexity index is 1160. The fourth-order valence-corrected chi connectivity index (χ4v) is 5.25. The van der Waals surface area contributed by atoms with E-state index in [0.717, 1.165) is 59.4 Å². The van der Waals surface area contributed by atoms with E-state index in [9.17, 15) is 4.79 Å². The van der Waals surface area contributed by atoms with Crippen LogP contribution in [0.1, 0.15) is 39.3 Å². The molecule has 5 heteroatoms. The summed E-state index contributed by atoms with van der Waals surface area (Å²) in [6.45, 7) is 6.59. The predicted octanol–water partition coefficient (Wildman–Crippen LogP) is 4.13. The molecule has 1 aliphatic carbocycles. The van der Waals surface area contributed by atoms with Gasteiger partial charge < -0.3 is 14.8 Å². The minimum atomic E-state index is -0.000471. The zero-order chi connectivity index (χ0) is 21.0. The lowest BCUT2D eigenvalue weighted by atomic mass is 9.82. The van der Waals surface area contributed by atoms with Crippen molar-refractivity contribution in [1.82, 2.24) is 14.5 Å². The number of imidazole rings is 1. The molecule has 2 aromatic carbocycles. The maximum absolute atomic E-state index is 13.1. The second kappa shape index (κ2) is 6.73. The normalized spacial score (nSPS) is 16.2. The van der Waals surface area contributed by atoms with Gasteiger partial charge in [0.25, 0.3) is 5.91 Å². The summed E-state index contributed by atoms with van der Waals surface area (Å²) in [6.07, 6.45) is 5.81. The maximum Gasteiger partial charge on any atom is 0.253 e. The molecule has 0 unspecified atom stereocenters. The smallest absolute Gasteiger partial charge is 0.253 e. The number of aryl methyl sites for hydroxylation is 1. The molecule has 0 fully saturated rings. The van der Waals surface area contributed by atoms with Gasteiger partial charge >= 0.3 is 0 Å². The molecule has 1 N–H and O–H groups in total. The third-order valence-electron chi connectivity index (χ3n) is 6.71. The monoisotopic (exact) mass is 400 g/mol. The lowest BCUT2D eigenvalue weighted by molar-refractivity contribution is 0.0826. The van der Waals surface area contributed by atoms with E-state index in [1.165, 1.54) is 11.1 Å². The van der Waals surface area contributed by atoms with Crippen molar-refractivity contribution in [3.8, 4) is 0 Å². The molecule has 30 heavy (non-hydrogen) atoms. The van der Waals surface area contributed by atoms with Crippen LogP contribution in [0, 0.1) is 6.92 Å². The third kappa shape index (κ3) is 2.76. The van der Waals surface area contributed by atoms with E-state index in [1.807, 2.05) is 33.2 Å². The zero-order valence-corrected chi connectivity index (χ0v) is 18.0. The first-order valence-electron chi connectivity index (χ1n) is 10.6. The van der Waals surface area contributed by atoms with Gasteiger partial charge in [0.2, 0.25) is 0 Å². The Morgan fingerprint density at radius 3 is 2.63 bits per heavy atom. The average Bonchev–Trinajstić information content (AvgIpc) is 3.24. The summed E-state index contributed by atoms with van der Waals surface area (Å²) in [7, 11) is 3.63. The second-order valence-electron chi connectivity index (χ2n) is 8.93. The van der Waals surface area contributed by atoms with Gasteiger partial charge in [-0.05, 0) is 55.4 Å². The van der Waals surface area contributed by atoms with Gasteiger partial charge in [-0.15, -0.1) is 6.58 Å². The fraction of sp³-hybridized carbons (Fsp3) is 0.360. The van der Waals surface area contributed by atoms with Crippen LogP contribution in [-0.4, -0.2) is 40.0 Å². The zero-order valence-electron chi connectivity index (χ0n) is 18.0. The summed E-state index contributed by atoms with van der Waals surface area (Å²) in [4.78, 5) is 19.7. The SMILES string of the molecule is C=CCn1c(C)nc2c3c(c(C(=O)N(C)C)cc21)CCC1(Cc2ccccc2C1)N3. The van der Waals surface area contributed by atoms with Gasteiger partial charge in [-0.3, -0.25) is 4.79 Å². The second-order valence-corrected chi connectivity index (χ2v) is 8.93. The number of nitrogens with one attached hydrogen (secondary N) is 1. The number of hydrogen-bond donors (Lipinski definition) is 1. The lowest BCUT2D eigenvalue weighted by Crippen LogP contribution is -2.43. The number of benzene rings is 2. The molecule has 1 aliphatic heterocycles. The summed E-state index contributed by atoms with van der Waals surface area (Å²) in [5.41, 5.74) is 7.75. The van der Waals surface area contributed by atoms with E-state index in [-0.39, 0.29) is 11.4 Å². The number of hydrogen-bond acceptors (Lipinski definition) is 3. The van der Waals surface area contributed by atoms with Gasteiger partial charge in [-0.2, -0.15) is 0 Å². The first-order valence-corrected chi connectivity index (χ1v) is 10.6. The molecule has 0 saturated heterocycles. The van der Waals surface area contributed by atoms with E-state index in [2.05, 4.69) is 40.7 Å². The highest BCUT2D eigenvalue weighted by Gasteiger charge is 2.41. The first-order chi connectivity index (χ1) is 14.4. The predicted molar refractivity (Wildman–Crippen MR) is 121 cm³/mol. The van der Waals surface area contributed by atoms with Crippen LogP contribution in [0.3, 0.4) is 0 Å². The van der Waals surface area contributed by atoms with Crippen LogP contribution in [0.25, 0.3) is 11.0 Å². The molecule has 5 rings (SSSR count). The molecule has 1 aromatic heterocycles. The van der Waals surface area contributed by atoms with Crippen LogP contribution in [0.15, 0.2) is 43.0 Å². The molecule has 0 radical (unpaired) electrons. The molecule has 1 amide bonds. The van der Waals surface area contributed by atoms with Crippen molar-refractivity contribution >= 4 is 22.6 Å². The molecule has 3 aromatic rings. The Morgan fingerprint density at radius 2 is 2.00 bits per heavy atom. The van der Waals surface area contributed by atoms with Crippen molar-refractivity contribution in [2.45, 2.75) is 44.7 Å². The Kier molecular flexibility index (Phi) is 4.24. The highest BCUT2D eigenvalue weighted by molar-refractivity contribution is 6.04. The minimum Gasteiger partial charge on any atom is -0.377 e. The Morgan fingerprint density at radius 1 is 1.30 bits per heavy atom. The standard InChI is InChI=1S/C25H28N4O/c1-5-12-29-16(2)26-23-21(29)13-20(24(30)28(3)4)19-10-11-25(27-22(19)23)14-17-8-6-7-9-18(17)15-25/h5-9,13,27H,1,10-12,14-15H2,2-4H3. The van der Waals surface area contributed by atoms with Crippen LogP contribution in [-0.2, 0) is 25.8 Å². The number of carbonyl (C=O) groups is 1. The molecule has 1 spiro atoms. The number of amides is 1. The van der Waals surface area contributed by atoms with Crippen molar-refractivity contribution in [2.24, 2.45) is 0 Å². The number of nitrogens with zero attached hydrogens (tertiary/aromatic N) is 3. The van der Waals surface area contributed by atoms with Crippen LogP contribution < -0.4 is 5.32 Å². The van der Waals surface area contributed by atoms with Crippen molar-refractivity contribution in [1.29, 1.82) is 0 Å². The Hall–Kier alpha value is -3.08. The first kappa shape index (κ1) is 18.9. The Labute approximate surface area is 177 Å². The average molecular weight is 401 g/mol. The summed E-state index contributed by atoms with van der Waals surface area (Å²) < 4.78 is 2.14. The van der Waals surface area contributed by atoms with Crippen molar-refractivity contribution < 1.29 is 4.79 Å². The quantitative estimate of drug-likeness (QED) is 0.673. The summed E-state index contributed by atoms with van der Waals surface area (Å²) in [6, 6.07) is 10.8.